The molecule has 5 heteroatoms. The maximum Gasteiger partial charge on any atom is 0.263 e. The van der Waals surface area contributed by atoms with Crippen LogP contribution in [0.5, 0.6) is 5.75 Å². The Balaban J connectivity index is 2.05. The summed E-state index contributed by atoms with van der Waals surface area (Å²) in [5.74, 6) is 0.360. The molecule has 20 heavy (non-hydrogen) atoms. The normalized spacial score (nSPS) is 16.6. The molecule has 1 heterocycles. The van der Waals surface area contributed by atoms with Gasteiger partial charge in [0.05, 0.1) is 5.56 Å². The molecule has 0 bridgehead atoms. The third-order valence-corrected chi connectivity index (χ3v) is 3.65. The summed E-state index contributed by atoms with van der Waals surface area (Å²) in [6.45, 7) is 3.28. The lowest BCUT2D eigenvalue weighted by molar-refractivity contribution is -0.138. The predicted octanol–water partition coefficient (Wildman–Crippen LogP) is 2.93. The van der Waals surface area contributed by atoms with Crippen molar-refractivity contribution in [3.8, 4) is 5.75 Å². The van der Waals surface area contributed by atoms with Gasteiger partial charge in [-0.15, -0.1) is 0 Å². The fourth-order valence-electron chi connectivity index (χ4n) is 2.33. The van der Waals surface area contributed by atoms with Gasteiger partial charge in [-0.25, -0.2) is 0 Å². The number of hydrogen-bond donors (Lipinski definition) is 0. The van der Waals surface area contributed by atoms with Gasteiger partial charge in [-0.05, 0) is 44.4 Å². The lowest BCUT2D eigenvalue weighted by Gasteiger charge is -2.29. The number of carbonyl (C=O) groups excluding carboxylic acids is 2. The van der Waals surface area contributed by atoms with Crippen molar-refractivity contribution >= 4 is 23.8 Å². The smallest absolute Gasteiger partial charge is 0.263 e. The fraction of sp³-hybridized carbons (Fsp3) is 0.467. The third kappa shape index (κ3) is 3.51. The first-order chi connectivity index (χ1) is 9.61. The van der Waals surface area contributed by atoms with Crippen LogP contribution in [0.3, 0.4) is 0 Å². The zero-order chi connectivity index (χ0) is 14.5. The van der Waals surface area contributed by atoms with E-state index >= 15 is 0 Å². The average Bonchev–Trinajstić information content (AvgIpc) is 2.49. The van der Waals surface area contributed by atoms with Crippen LogP contribution in [0.15, 0.2) is 18.2 Å². The van der Waals surface area contributed by atoms with Crippen molar-refractivity contribution in [2.24, 2.45) is 0 Å². The van der Waals surface area contributed by atoms with E-state index in [2.05, 4.69) is 0 Å². The van der Waals surface area contributed by atoms with Crippen LogP contribution < -0.4 is 4.74 Å². The number of ether oxygens (including phenoxy) is 1. The molecule has 0 radical (unpaired) electrons. The molecule has 0 N–H and O–H groups in total. The lowest BCUT2D eigenvalue weighted by Crippen LogP contribution is -2.43. The average molecular weight is 296 g/mol. The van der Waals surface area contributed by atoms with Crippen molar-refractivity contribution < 1.29 is 14.3 Å². The largest absolute Gasteiger partial charge is 0.480 e. The molecule has 0 aromatic heterocycles. The number of rotatable bonds is 4. The highest BCUT2D eigenvalue weighted by atomic mass is 35.5. The molecule has 1 aromatic rings. The van der Waals surface area contributed by atoms with Crippen LogP contribution in [-0.4, -0.2) is 36.3 Å². The highest BCUT2D eigenvalue weighted by molar-refractivity contribution is 6.30. The summed E-state index contributed by atoms with van der Waals surface area (Å²) in [5.41, 5.74) is 0.357. The van der Waals surface area contributed by atoms with E-state index in [1.807, 2.05) is 4.90 Å². The van der Waals surface area contributed by atoms with E-state index in [-0.39, 0.29) is 5.91 Å². The van der Waals surface area contributed by atoms with Crippen molar-refractivity contribution in [1.82, 2.24) is 4.90 Å². The lowest BCUT2D eigenvalue weighted by atomic mass is 10.1. The van der Waals surface area contributed by atoms with Crippen LogP contribution >= 0.6 is 11.6 Å². The van der Waals surface area contributed by atoms with Crippen molar-refractivity contribution in [3.63, 3.8) is 0 Å². The molecule has 1 aliphatic rings. The maximum absolute atomic E-state index is 12.3. The van der Waals surface area contributed by atoms with Gasteiger partial charge in [0.25, 0.3) is 5.91 Å². The van der Waals surface area contributed by atoms with Crippen LogP contribution in [0, 0.1) is 0 Å². The first-order valence-electron chi connectivity index (χ1n) is 6.82. The molecule has 1 aromatic carbocycles. The molecule has 1 amide bonds. The molecular weight excluding hydrogens is 278 g/mol. The molecule has 1 saturated heterocycles. The number of likely N-dealkylation sites (tertiary alicyclic amines) is 1. The summed E-state index contributed by atoms with van der Waals surface area (Å²) in [6, 6.07) is 4.79. The number of carbonyl (C=O) groups is 2. The summed E-state index contributed by atoms with van der Waals surface area (Å²) in [7, 11) is 0. The van der Waals surface area contributed by atoms with E-state index in [0.717, 1.165) is 25.9 Å². The number of amides is 1. The van der Waals surface area contributed by atoms with E-state index in [1.165, 1.54) is 12.5 Å². The van der Waals surface area contributed by atoms with Gasteiger partial charge in [0.15, 0.2) is 12.4 Å². The van der Waals surface area contributed by atoms with Gasteiger partial charge in [-0.1, -0.05) is 11.6 Å². The predicted molar refractivity (Wildman–Crippen MR) is 77.4 cm³/mol. The molecule has 0 aliphatic carbocycles. The Labute approximate surface area is 123 Å². The Bertz CT molecular complexity index is 498. The van der Waals surface area contributed by atoms with E-state index in [4.69, 9.17) is 16.3 Å². The van der Waals surface area contributed by atoms with Crippen molar-refractivity contribution in [1.29, 1.82) is 0 Å². The number of aldehydes is 1. The van der Waals surface area contributed by atoms with Crippen LogP contribution in [0.2, 0.25) is 5.02 Å². The van der Waals surface area contributed by atoms with Gasteiger partial charge in [0.2, 0.25) is 0 Å². The van der Waals surface area contributed by atoms with Gasteiger partial charge in [0, 0.05) is 18.1 Å². The Morgan fingerprint density at radius 2 is 2.05 bits per heavy atom. The monoisotopic (exact) mass is 295 g/mol. The van der Waals surface area contributed by atoms with Gasteiger partial charge in [0.1, 0.15) is 5.75 Å². The first kappa shape index (κ1) is 14.9. The molecule has 0 saturated carbocycles. The molecule has 4 nitrogen and oxygen atoms in total. The van der Waals surface area contributed by atoms with Crippen molar-refractivity contribution in [2.45, 2.75) is 32.3 Å². The summed E-state index contributed by atoms with van der Waals surface area (Å²) < 4.78 is 5.63. The third-order valence-electron chi connectivity index (χ3n) is 3.42. The van der Waals surface area contributed by atoms with Gasteiger partial charge in [-0.3, -0.25) is 9.59 Å². The molecule has 1 atom stereocenters. The summed E-state index contributed by atoms with van der Waals surface area (Å²) in [5, 5.41) is 0.467. The van der Waals surface area contributed by atoms with Crippen LogP contribution in [0.1, 0.15) is 36.5 Å². The van der Waals surface area contributed by atoms with Crippen molar-refractivity contribution in [2.75, 3.05) is 13.1 Å². The summed E-state index contributed by atoms with van der Waals surface area (Å²) in [6.07, 6.45) is 3.33. The van der Waals surface area contributed by atoms with Gasteiger partial charge < -0.3 is 9.64 Å². The molecule has 1 fully saturated rings. The van der Waals surface area contributed by atoms with E-state index in [1.54, 1.807) is 19.1 Å². The second-order valence-corrected chi connectivity index (χ2v) is 5.38. The first-order valence-corrected chi connectivity index (χ1v) is 7.20. The second-order valence-electron chi connectivity index (χ2n) is 4.95. The topological polar surface area (TPSA) is 46.6 Å². The summed E-state index contributed by atoms with van der Waals surface area (Å²) >= 11 is 5.83. The Kier molecular flexibility index (Phi) is 5.01. The van der Waals surface area contributed by atoms with Crippen molar-refractivity contribution in [3.05, 3.63) is 28.8 Å². The minimum absolute atomic E-state index is 0.0310. The second kappa shape index (κ2) is 6.75. The maximum atomic E-state index is 12.3. The van der Waals surface area contributed by atoms with Crippen LogP contribution in [0.4, 0.5) is 0 Å². The van der Waals surface area contributed by atoms with E-state index in [0.29, 0.717) is 22.6 Å². The quantitative estimate of drug-likeness (QED) is 0.802. The van der Waals surface area contributed by atoms with Gasteiger partial charge >= 0.3 is 0 Å². The Hall–Kier alpha value is -1.55. The standard InChI is InChI=1S/C15H18ClNO3/c1-11(15(19)17-7-3-2-4-8-17)20-14-6-5-13(16)9-12(14)10-18/h5-6,9-11H,2-4,7-8H2,1H3. The minimum atomic E-state index is -0.604. The highest BCUT2D eigenvalue weighted by Gasteiger charge is 2.24. The number of halogens is 1. The molecule has 2 rings (SSSR count). The minimum Gasteiger partial charge on any atom is -0.480 e. The highest BCUT2D eigenvalue weighted by Crippen LogP contribution is 2.23. The zero-order valence-corrected chi connectivity index (χ0v) is 12.2. The Morgan fingerprint density at radius 1 is 1.35 bits per heavy atom. The Morgan fingerprint density at radius 3 is 2.70 bits per heavy atom. The van der Waals surface area contributed by atoms with Gasteiger partial charge in [-0.2, -0.15) is 0 Å². The number of piperidine rings is 1. The molecule has 108 valence electrons. The molecule has 1 aliphatic heterocycles. The molecular formula is C15H18ClNO3. The summed E-state index contributed by atoms with van der Waals surface area (Å²) in [4.78, 5) is 25.1. The SMILES string of the molecule is CC(Oc1ccc(Cl)cc1C=O)C(=O)N1CCCCC1. The number of nitrogens with zero attached hydrogens (tertiary/aromatic N) is 1. The van der Waals surface area contributed by atoms with E-state index < -0.39 is 6.10 Å². The zero-order valence-electron chi connectivity index (χ0n) is 11.5. The molecule has 0 spiro atoms. The molecule has 1 unspecified atom stereocenters. The van der Waals surface area contributed by atoms with Crippen LogP contribution in [-0.2, 0) is 4.79 Å². The van der Waals surface area contributed by atoms with E-state index in [9.17, 15) is 9.59 Å². The number of benzene rings is 1. The number of hydrogen-bond acceptors (Lipinski definition) is 3. The van der Waals surface area contributed by atoms with Crippen LogP contribution in [0.25, 0.3) is 0 Å². The fourth-order valence-corrected chi connectivity index (χ4v) is 2.51.